The molecular formula is C17H16N6O11. The molecule has 0 radical (unpaired) electrons. The Balaban J connectivity index is 2.15. The Labute approximate surface area is 188 Å². The van der Waals surface area contributed by atoms with Gasteiger partial charge in [0.2, 0.25) is 0 Å². The third-order valence-corrected chi connectivity index (χ3v) is 4.50. The monoisotopic (exact) mass is 480 g/mol. The van der Waals surface area contributed by atoms with Gasteiger partial charge in [-0.2, -0.15) is 0 Å². The van der Waals surface area contributed by atoms with Crippen molar-refractivity contribution >= 4 is 40.1 Å². The molecule has 34 heavy (non-hydrogen) atoms. The molecule has 0 saturated heterocycles. The summed E-state index contributed by atoms with van der Waals surface area (Å²) in [6, 6.07) is 3.51. The van der Waals surface area contributed by atoms with Gasteiger partial charge in [0, 0.05) is 18.7 Å². The Morgan fingerprint density at radius 3 is 1.74 bits per heavy atom. The second kappa shape index (κ2) is 10.6. The number of aliphatic hydroxyl groups is 1. The van der Waals surface area contributed by atoms with E-state index in [1.807, 2.05) is 0 Å². The van der Waals surface area contributed by atoms with Gasteiger partial charge in [-0.25, -0.2) is 4.79 Å². The van der Waals surface area contributed by atoms with Crippen LogP contribution in [-0.4, -0.2) is 54.6 Å². The number of carboxylic acids is 1. The Morgan fingerprint density at radius 1 is 0.824 bits per heavy atom. The van der Waals surface area contributed by atoms with Gasteiger partial charge in [-0.1, -0.05) is 0 Å². The van der Waals surface area contributed by atoms with Crippen LogP contribution < -0.4 is 10.6 Å². The second-order valence-electron chi connectivity index (χ2n) is 6.67. The minimum atomic E-state index is -1.78. The fraction of sp³-hybridized carbons (Fsp3) is 0.235. The molecule has 0 heterocycles. The number of nitro benzene ring substituents is 4. The van der Waals surface area contributed by atoms with E-state index >= 15 is 0 Å². The van der Waals surface area contributed by atoms with Crippen LogP contribution in [0.15, 0.2) is 36.4 Å². The summed E-state index contributed by atoms with van der Waals surface area (Å²) in [5.74, 6) is -1.60. The number of anilines is 2. The third-order valence-electron chi connectivity index (χ3n) is 4.50. The summed E-state index contributed by atoms with van der Waals surface area (Å²) in [5, 5.41) is 68.6. The lowest BCUT2D eigenvalue weighted by Crippen LogP contribution is -2.41. The first-order chi connectivity index (χ1) is 15.9. The van der Waals surface area contributed by atoms with E-state index in [1.165, 1.54) is 0 Å². The number of non-ortho nitro benzene ring substituents is 2. The summed E-state index contributed by atoms with van der Waals surface area (Å²) >= 11 is 0. The number of hydrogen-bond donors (Lipinski definition) is 4. The van der Waals surface area contributed by atoms with E-state index in [2.05, 4.69) is 10.6 Å². The molecule has 0 aliphatic heterocycles. The van der Waals surface area contributed by atoms with E-state index < -0.39 is 60.6 Å². The Kier molecular flexibility index (Phi) is 7.89. The molecule has 2 rings (SSSR count). The number of carboxylic acid groups (broad SMARTS) is 1. The van der Waals surface area contributed by atoms with Crippen molar-refractivity contribution in [2.75, 3.05) is 17.2 Å². The quantitative estimate of drug-likeness (QED) is 0.251. The Morgan fingerprint density at radius 2 is 1.29 bits per heavy atom. The van der Waals surface area contributed by atoms with Crippen molar-refractivity contribution in [2.45, 2.75) is 18.6 Å². The van der Waals surface area contributed by atoms with Crippen molar-refractivity contribution in [2.24, 2.45) is 0 Å². The molecular weight excluding hydrogens is 464 g/mol. The second-order valence-corrected chi connectivity index (χ2v) is 6.67. The van der Waals surface area contributed by atoms with Crippen molar-refractivity contribution in [3.8, 4) is 0 Å². The molecule has 0 aromatic heterocycles. The number of rotatable bonds is 12. The number of nitrogens with zero attached hydrogens (tertiary/aromatic N) is 4. The van der Waals surface area contributed by atoms with E-state index in [0.29, 0.717) is 6.07 Å². The summed E-state index contributed by atoms with van der Waals surface area (Å²) in [6.07, 6.45) is -1.99. The maximum Gasteiger partial charge on any atom is 0.328 e. The standard InChI is InChI=1S/C17H16N6O11/c24-15(5-6-18-11-3-1-9(20(27)28)7-13(11)22(31)32)16(17(25)26)19-12-4-2-10(21(29)30)8-14(12)23(33)34/h1-4,7-8,15-16,18-19,24H,5-6H2,(H,25,26)/t15-,16-/m0/s1. The van der Waals surface area contributed by atoms with Crippen molar-refractivity contribution in [1.29, 1.82) is 0 Å². The molecule has 0 spiro atoms. The predicted octanol–water partition coefficient (Wildman–Crippen LogP) is 2.05. The van der Waals surface area contributed by atoms with Gasteiger partial charge in [0.25, 0.3) is 22.7 Å². The molecule has 2 atom stereocenters. The maximum atomic E-state index is 11.6. The fourth-order valence-electron chi connectivity index (χ4n) is 2.85. The number of nitro groups is 4. The normalized spacial score (nSPS) is 12.3. The molecule has 0 aliphatic carbocycles. The molecule has 4 N–H and O–H groups in total. The highest BCUT2D eigenvalue weighted by atomic mass is 16.6. The fourth-order valence-corrected chi connectivity index (χ4v) is 2.85. The zero-order chi connectivity index (χ0) is 25.6. The van der Waals surface area contributed by atoms with Crippen molar-refractivity contribution in [3.05, 3.63) is 76.9 Å². The average molecular weight is 480 g/mol. The molecule has 0 fully saturated rings. The van der Waals surface area contributed by atoms with Crippen LogP contribution in [0.1, 0.15) is 6.42 Å². The molecule has 0 saturated carbocycles. The highest BCUT2D eigenvalue weighted by Crippen LogP contribution is 2.31. The molecule has 0 aliphatic rings. The van der Waals surface area contributed by atoms with Crippen LogP contribution in [0, 0.1) is 40.5 Å². The highest BCUT2D eigenvalue weighted by Gasteiger charge is 2.30. The van der Waals surface area contributed by atoms with E-state index in [0.717, 1.165) is 30.3 Å². The summed E-state index contributed by atoms with van der Waals surface area (Å²) < 4.78 is 0. The molecule has 180 valence electrons. The number of nitrogens with one attached hydrogen (secondary N) is 2. The minimum absolute atomic E-state index is 0.117. The smallest absolute Gasteiger partial charge is 0.328 e. The lowest BCUT2D eigenvalue weighted by Gasteiger charge is -2.21. The molecule has 2 aromatic rings. The van der Waals surface area contributed by atoms with Crippen molar-refractivity contribution in [3.63, 3.8) is 0 Å². The van der Waals surface area contributed by atoms with E-state index in [1.54, 1.807) is 0 Å². The molecule has 0 amide bonds. The van der Waals surface area contributed by atoms with Gasteiger partial charge in [-0.15, -0.1) is 0 Å². The lowest BCUT2D eigenvalue weighted by atomic mass is 10.1. The van der Waals surface area contributed by atoms with Gasteiger partial charge in [0.15, 0.2) is 6.04 Å². The molecule has 0 unspecified atom stereocenters. The number of aliphatic carboxylic acids is 1. The van der Waals surface area contributed by atoms with Crippen LogP contribution in [0.25, 0.3) is 0 Å². The van der Waals surface area contributed by atoms with Crippen molar-refractivity contribution < 1.29 is 34.7 Å². The molecule has 17 heteroatoms. The summed E-state index contributed by atoms with van der Waals surface area (Å²) in [6.45, 7) is -0.215. The van der Waals surface area contributed by atoms with Gasteiger partial charge >= 0.3 is 5.97 Å². The average Bonchev–Trinajstić information content (AvgIpc) is 2.76. The number of aliphatic hydroxyl groups excluding tert-OH is 1. The molecule has 0 bridgehead atoms. The first kappa shape index (κ1) is 25.3. The van der Waals surface area contributed by atoms with Gasteiger partial charge in [0.1, 0.15) is 11.4 Å². The molecule has 17 nitrogen and oxygen atoms in total. The topological polar surface area (TPSA) is 254 Å². The first-order valence-corrected chi connectivity index (χ1v) is 9.19. The van der Waals surface area contributed by atoms with Crippen molar-refractivity contribution in [1.82, 2.24) is 0 Å². The summed E-state index contributed by atoms with van der Waals surface area (Å²) in [7, 11) is 0. The van der Waals surface area contributed by atoms with Crippen LogP contribution in [0.4, 0.5) is 34.1 Å². The van der Waals surface area contributed by atoms with Crippen LogP contribution in [-0.2, 0) is 4.79 Å². The Bertz CT molecular complexity index is 1150. The third kappa shape index (κ3) is 6.07. The van der Waals surface area contributed by atoms with Gasteiger partial charge in [-0.05, 0) is 18.6 Å². The maximum absolute atomic E-state index is 11.6. The van der Waals surface area contributed by atoms with Crippen LogP contribution in [0.3, 0.4) is 0 Å². The predicted molar refractivity (Wildman–Crippen MR) is 114 cm³/mol. The SMILES string of the molecule is O=C(O)[C@@H](Nc1ccc([N+](=O)[O-])cc1[N+](=O)[O-])[C@@H](O)CCNc1ccc([N+](=O)[O-])cc1[N+](=O)[O-]. The summed E-state index contributed by atoms with van der Waals surface area (Å²) in [4.78, 5) is 52.1. The van der Waals surface area contributed by atoms with E-state index in [9.17, 15) is 55.5 Å². The number of benzene rings is 2. The molecule has 2 aromatic carbocycles. The van der Waals surface area contributed by atoms with Crippen LogP contribution >= 0.6 is 0 Å². The largest absolute Gasteiger partial charge is 0.480 e. The lowest BCUT2D eigenvalue weighted by molar-refractivity contribution is -0.393. The van der Waals surface area contributed by atoms with E-state index in [4.69, 9.17) is 0 Å². The Hall–Kier alpha value is -4.93. The number of carbonyl (C=O) groups is 1. The van der Waals surface area contributed by atoms with E-state index in [-0.39, 0.29) is 24.3 Å². The zero-order valence-electron chi connectivity index (χ0n) is 16.9. The van der Waals surface area contributed by atoms with Gasteiger partial charge < -0.3 is 20.8 Å². The van der Waals surface area contributed by atoms with Gasteiger partial charge in [0.05, 0.1) is 37.9 Å². The van der Waals surface area contributed by atoms with Crippen LogP contribution in [0.2, 0.25) is 0 Å². The highest BCUT2D eigenvalue weighted by molar-refractivity contribution is 5.80. The number of hydrogen-bond acceptors (Lipinski definition) is 12. The first-order valence-electron chi connectivity index (χ1n) is 9.19. The van der Waals surface area contributed by atoms with Gasteiger partial charge in [-0.3, -0.25) is 40.5 Å². The summed E-state index contributed by atoms with van der Waals surface area (Å²) in [5.41, 5.74) is -3.02. The van der Waals surface area contributed by atoms with Crippen LogP contribution in [0.5, 0.6) is 0 Å². The zero-order valence-corrected chi connectivity index (χ0v) is 16.9. The minimum Gasteiger partial charge on any atom is -0.480 e.